The standard InChI is InChI=1S/C19H19ClN4O2S/c1-3-10-24-18(12-26-15-8-6-14(20)7-9-15)21-22-19(24)27-13-17(25)16-5-4-11-23(16)2/h3-9,11H,1,10,12-13H2,2H3. The van der Waals surface area contributed by atoms with Crippen LogP contribution in [0, 0.1) is 0 Å². The van der Waals surface area contributed by atoms with Crippen LogP contribution in [0.15, 0.2) is 60.4 Å². The van der Waals surface area contributed by atoms with Crippen LogP contribution in [0.25, 0.3) is 0 Å². The van der Waals surface area contributed by atoms with Crippen molar-refractivity contribution < 1.29 is 9.53 Å². The lowest BCUT2D eigenvalue weighted by Crippen LogP contribution is -2.10. The largest absolute Gasteiger partial charge is 0.486 e. The summed E-state index contributed by atoms with van der Waals surface area (Å²) in [5.41, 5.74) is 0.670. The molecule has 3 rings (SSSR count). The quantitative estimate of drug-likeness (QED) is 0.307. The summed E-state index contributed by atoms with van der Waals surface area (Å²) < 4.78 is 9.45. The molecule has 8 heteroatoms. The van der Waals surface area contributed by atoms with Crippen LogP contribution in [0.5, 0.6) is 5.75 Å². The molecule has 3 aromatic rings. The van der Waals surface area contributed by atoms with E-state index >= 15 is 0 Å². The zero-order chi connectivity index (χ0) is 19.2. The molecule has 0 aliphatic heterocycles. The Kier molecular flexibility index (Phi) is 6.36. The van der Waals surface area contributed by atoms with E-state index in [-0.39, 0.29) is 18.1 Å². The highest BCUT2D eigenvalue weighted by molar-refractivity contribution is 7.99. The number of carbonyl (C=O) groups is 1. The zero-order valence-corrected chi connectivity index (χ0v) is 16.4. The van der Waals surface area contributed by atoms with E-state index in [2.05, 4.69) is 16.8 Å². The van der Waals surface area contributed by atoms with Gasteiger partial charge in [-0.1, -0.05) is 29.4 Å². The van der Waals surface area contributed by atoms with Gasteiger partial charge < -0.3 is 9.30 Å². The van der Waals surface area contributed by atoms with E-state index in [9.17, 15) is 4.79 Å². The van der Waals surface area contributed by atoms with E-state index in [1.807, 2.05) is 34.5 Å². The van der Waals surface area contributed by atoms with Crippen LogP contribution in [0.2, 0.25) is 5.02 Å². The van der Waals surface area contributed by atoms with Crippen molar-refractivity contribution in [3.8, 4) is 5.75 Å². The number of thioether (sulfide) groups is 1. The molecule has 27 heavy (non-hydrogen) atoms. The Morgan fingerprint density at radius 3 is 2.74 bits per heavy atom. The maximum Gasteiger partial charge on any atom is 0.192 e. The SMILES string of the molecule is C=CCn1c(COc2ccc(Cl)cc2)nnc1SCC(=O)c1cccn1C. The fourth-order valence-corrected chi connectivity index (χ4v) is 3.45. The highest BCUT2D eigenvalue weighted by Gasteiger charge is 2.16. The highest BCUT2D eigenvalue weighted by atomic mass is 35.5. The molecule has 0 aliphatic carbocycles. The number of ether oxygens (including phenoxy) is 1. The Bertz CT molecular complexity index is 934. The number of hydrogen-bond acceptors (Lipinski definition) is 5. The number of nitrogens with zero attached hydrogens (tertiary/aromatic N) is 4. The molecule has 0 bridgehead atoms. The van der Waals surface area contributed by atoms with Gasteiger partial charge in [-0.2, -0.15) is 0 Å². The van der Waals surface area contributed by atoms with Crippen molar-refractivity contribution in [3.63, 3.8) is 0 Å². The molecule has 140 valence electrons. The number of carbonyl (C=O) groups excluding carboxylic acids is 1. The Labute approximate surface area is 166 Å². The third-order valence-electron chi connectivity index (χ3n) is 3.85. The van der Waals surface area contributed by atoms with E-state index < -0.39 is 0 Å². The summed E-state index contributed by atoms with van der Waals surface area (Å²) in [6.45, 7) is 4.58. The van der Waals surface area contributed by atoms with E-state index in [4.69, 9.17) is 16.3 Å². The summed E-state index contributed by atoms with van der Waals surface area (Å²) in [6.07, 6.45) is 3.61. The van der Waals surface area contributed by atoms with Gasteiger partial charge in [-0.05, 0) is 36.4 Å². The fraction of sp³-hybridized carbons (Fsp3) is 0.211. The minimum atomic E-state index is 0.0413. The maximum atomic E-state index is 12.4. The number of aryl methyl sites for hydroxylation is 1. The van der Waals surface area contributed by atoms with Gasteiger partial charge in [0.15, 0.2) is 16.8 Å². The molecular weight excluding hydrogens is 384 g/mol. The monoisotopic (exact) mass is 402 g/mol. The second-order valence-electron chi connectivity index (χ2n) is 5.76. The molecule has 0 spiro atoms. The molecule has 0 aliphatic rings. The zero-order valence-electron chi connectivity index (χ0n) is 14.8. The normalized spacial score (nSPS) is 10.7. The van der Waals surface area contributed by atoms with Crippen molar-refractivity contribution in [3.05, 3.63) is 71.8 Å². The molecule has 0 N–H and O–H groups in total. The topological polar surface area (TPSA) is 61.9 Å². The number of ketones is 1. The number of benzene rings is 1. The first-order valence-corrected chi connectivity index (χ1v) is 9.63. The van der Waals surface area contributed by atoms with Crippen molar-refractivity contribution >= 4 is 29.1 Å². The van der Waals surface area contributed by atoms with Crippen molar-refractivity contribution in [2.45, 2.75) is 18.3 Å². The van der Waals surface area contributed by atoms with Crippen molar-refractivity contribution in [2.75, 3.05) is 5.75 Å². The van der Waals surface area contributed by atoms with Crippen molar-refractivity contribution in [1.29, 1.82) is 0 Å². The molecule has 0 atom stereocenters. The van der Waals surface area contributed by atoms with Gasteiger partial charge in [-0.25, -0.2) is 0 Å². The van der Waals surface area contributed by atoms with E-state index in [1.54, 1.807) is 30.3 Å². The second kappa shape index (κ2) is 8.92. The van der Waals surface area contributed by atoms with Crippen LogP contribution in [0.1, 0.15) is 16.3 Å². The van der Waals surface area contributed by atoms with Crippen LogP contribution >= 0.6 is 23.4 Å². The summed E-state index contributed by atoms with van der Waals surface area (Å²) in [6, 6.07) is 10.8. The summed E-state index contributed by atoms with van der Waals surface area (Å²) in [5.74, 6) is 1.68. The summed E-state index contributed by atoms with van der Waals surface area (Å²) in [4.78, 5) is 12.4. The molecule has 2 aromatic heterocycles. The first kappa shape index (κ1) is 19.3. The second-order valence-corrected chi connectivity index (χ2v) is 7.14. The minimum absolute atomic E-state index is 0.0413. The Hall–Kier alpha value is -2.51. The van der Waals surface area contributed by atoms with Crippen LogP contribution in [-0.4, -0.2) is 30.9 Å². The van der Waals surface area contributed by atoms with Crippen molar-refractivity contribution in [1.82, 2.24) is 19.3 Å². The lowest BCUT2D eigenvalue weighted by molar-refractivity contribution is 0.101. The van der Waals surface area contributed by atoms with Crippen molar-refractivity contribution in [2.24, 2.45) is 7.05 Å². The molecule has 1 aromatic carbocycles. The van der Waals surface area contributed by atoms with Gasteiger partial charge in [-0.15, -0.1) is 16.8 Å². The predicted molar refractivity (Wildman–Crippen MR) is 106 cm³/mol. The molecule has 2 heterocycles. The molecule has 0 saturated carbocycles. The van der Waals surface area contributed by atoms with Gasteiger partial charge in [0.2, 0.25) is 0 Å². The van der Waals surface area contributed by atoms with E-state index in [0.717, 1.165) is 0 Å². The first-order chi connectivity index (χ1) is 13.1. The average Bonchev–Trinajstić information content (AvgIpc) is 3.26. The van der Waals surface area contributed by atoms with Gasteiger partial charge in [-0.3, -0.25) is 9.36 Å². The Morgan fingerprint density at radius 1 is 1.30 bits per heavy atom. The summed E-state index contributed by atoms with van der Waals surface area (Å²) in [7, 11) is 1.85. The average molecular weight is 403 g/mol. The van der Waals surface area contributed by atoms with E-state index in [0.29, 0.717) is 34.0 Å². The lowest BCUT2D eigenvalue weighted by Gasteiger charge is -2.09. The van der Waals surface area contributed by atoms with Crippen LogP contribution in [-0.2, 0) is 20.2 Å². The number of Topliss-reactive ketones (excluding diaryl/α,β-unsaturated/α-hetero) is 1. The van der Waals surface area contributed by atoms with Gasteiger partial charge >= 0.3 is 0 Å². The third kappa shape index (κ3) is 4.81. The molecule has 0 saturated heterocycles. The molecule has 0 unspecified atom stereocenters. The Balaban J connectivity index is 1.67. The van der Waals surface area contributed by atoms with E-state index in [1.165, 1.54) is 11.8 Å². The van der Waals surface area contributed by atoms with Crippen LogP contribution < -0.4 is 4.74 Å². The van der Waals surface area contributed by atoms with Crippen LogP contribution in [0.3, 0.4) is 0 Å². The Morgan fingerprint density at radius 2 is 2.07 bits per heavy atom. The number of aromatic nitrogens is 4. The minimum Gasteiger partial charge on any atom is -0.486 e. The smallest absolute Gasteiger partial charge is 0.192 e. The number of rotatable bonds is 9. The van der Waals surface area contributed by atoms with Gasteiger partial charge in [0, 0.05) is 24.8 Å². The maximum absolute atomic E-state index is 12.4. The third-order valence-corrected chi connectivity index (χ3v) is 5.07. The van der Waals surface area contributed by atoms with Gasteiger partial charge in [0.1, 0.15) is 12.4 Å². The summed E-state index contributed by atoms with van der Waals surface area (Å²) in [5, 5.41) is 9.72. The highest BCUT2D eigenvalue weighted by Crippen LogP contribution is 2.21. The summed E-state index contributed by atoms with van der Waals surface area (Å²) >= 11 is 7.23. The molecule has 0 radical (unpaired) electrons. The molecular formula is C19H19ClN4O2S. The number of halogens is 1. The first-order valence-electron chi connectivity index (χ1n) is 8.27. The number of allylic oxidation sites excluding steroid dienone is 1. The van der Waals surface area contributed by atoms with Gasteiger partial charge in [0.25, 0.3) is 0 Å². The predicted octanol–water partition coefficient (Wildman–Crippen LogP) is 4.01. The molecule has 6 nitrogen and oxygen atoms in total. The van der Waals surface area contributed by atoms with Crippen LogP contribution in [0.4, 0.5) is 0 Å². The number of hydrogen-bond donors (Lipinski definition) is 0. The lowest BCUT2D eigenvalue weighted by atomic mass is 10.3. The molecule has 0 amide bonds. The molecule has 0 fully saturated rings. The van der Waals surface area contributed by atoms with Gasteiger partial charge in [0.05, 0.1) is 11.4 Å². The fourth-order valence-electron chi connectivity index (χ4n) is 2.48.